The Kier molecular flexibility index (Phi) is 3.77. The Morgan fingerprint density at radius 1 is 1.17 bits per heavy atom. The molecule has 0 saturated carbocycles. The van der Waals surface area contributed by atoms with Gasteiger partial charge in [-0.2, -0.15) is 0 Å². The number of benzene rings is 2. The molecular weight excluding hydrogens is 299 g/mol. The SMILES string of the molecule is CC(=O)c1ccc(Oc2ccc(Br)cc2F)cc1. The third-order valence-electron chi connectivity index (χ3n) is 2.38. The maximum atomic E-state index is 13.5. The molecule has 18 heavy (non-hydrogen) atoms. The van der Waals surface area contributed by atoms with E-state index in [9.17, 15) is 9.18 Å². The second kappa shape index (κ2) is 5.31. The molecule has 0 amide bonds. The number of hydrogen-bond acceptors (Lipinski definition) is 2. The van der Waals surface area contributed by atoms with Crippen LogP contribution in [0, 0.1) is 5.82 Å². The van der Waals surface area contributed by atoms with Gasteiger partial charge < -0.3 is 4.74 Å². The molecule has 0 spiro atoms. The third-order valence-corrected chi connectivity index (χ3v) is 2.88. The highest BCUT2D eigenvalue weighted by molar-refractivity contribution is 9.10. The molecule has 0 atom stereocenters. The van der Waals surface area contributed by atoms with Crippen molar-refractivity contribution >= 4 is 21.7 Å². The summed E-state index contributed by atoms with van der Waals surface area (Å²) in [5.41, 5.74) is 0.596. The average Bonchev–Trinajstić information content (AvgIpc) is 2.33. The lowest BCUT2D eigenvalue weighted by Gasteiger charge is -2.07. The number of carbonyl (C=O) groups excluding carboxylic acids is 1. The van der Waals surface area contributed by atoms with E-state index in [1.807, 2.05) is 0 Å². The minimum Gasteiger partial charge on any atom is -0.454 e. The molecule has 0 heterocycles. The summed E-state index contributed by atoms with van der Waals surface area (Å²) in [5, 5.41) is 0. The lowest BCUT2D eigenvalue weighted by Crippen LogP contribution is -1.92. The normalized spacial score (nSPS) is 10.2. The fourth-order valence-electron chi connectivity index (χ4n) is 1.44. The van der Waals surface area contributed by atoms with Crippen LogP contribution in [-0.4, -0.2) is 5.78 Å². The standard InChI is InChI=1S/C14H10BrFO2/c1-9(17)10-2-5-12(6-3-10)18-14-7-4-11(15)8-13(14)16/h2-8H,1H3. The molecule has 0 unspecified atom stereocenters. The maximum absolute atomic E-state index is 13.5. The van der Waals surface area contributed by atoms with Gasteiger partial charge in [0.25, 0.3) is 0 Å². The van der Waals surface area contributed by atoms with Crippen molar-refractivity contribution in [2.75, 3.05) is 0 Å². The van der Waals surface area contributed by atoms with Gasteiger partial charge in [-0.25, -0.2) is 4.39 Å². The highest BCUT2D eigenvalue weighted by Gasteiger charge is 2.06. The molecular formula is C14H10BrFO2. The first kappa shape index (κ1) is 12.8. The van der Waals surface area contributed by atoms with Crippen molar-refractivity contribution in [3.63, 3.8) is 0 Å². The fourth-order valence-corrected chi connectivity index (χ4v) is 1.78. The zero-order valence-corrected chi connectivity index (χ0v) is 11.2. The van der Waals surface area contributed by atoms with Crippen LogP contribution in [0.1, 0.15) is 17.3 Å². The van der Waals surface area contributed by atoms with E-state index in [0.29, 0.717) is 15.8 Å². The van der Waals surface area contributed by atoms with Crippen molar-refractivity contribution in [2.24, 2.45) is 0 Å². The Bertz CT molecular complexity index is 579. The van der Waals surface area contributed by atoms with Crippen LogP contribution in [0.2, 0.25) is 0 Å². The molecule has 0 aliphatic carbocycles. The summed E-state index contributed by atoms with van der Waals surface area (Å²) in [6.07, 6.45) is 0. The fraction of sp³-hybridized carbons (Fsp3) is 0.0714. The molecule has 0 radical (unpaired) electrons. The average molecular weight is 309 g/mol. The molecule has 2 aromatic rings. The molecule has 0 fully saturated rings. The quantitative estimate of drug-likeness (QED) is 0.776. The van der Waals surface area contributed by atoms with E-state index in [4.69, 9.17) is 4.74 Å². The molecule has 0 bridgehead atoms. The van der Waals surface area contributed by atoms with Crippen molar-refractivity contribution in [3.8, 4) is 11.5 Å². The third kappa shape index (κ3) is 2.96. The first-order chi connectivity index (χ1) is 8.56. The van der Waals surface area contributed by atoms with Crippen LogP contribution in [0.15, 0.2) is 46.9 Å². The summed E-state index contributed by atoms with van der Waals surface area (Å²) in [7, 11) is 0. The van der Waals surface area contributed by atoms with Gasteiger partial charge in [0.05, 0.1) is 0 Å². The first-order valence-electron chi connectivity index (χ1n) is 5.30. The van der Waals surface area contributed by atoms with Crippen molar-refractivity contribution < 1.29 is 13.9 Å². The van der Waals surface area contributed by atoms with E-state index >= 15 is 0 Å². The summed E-state index contributed by atoms with van der Waals surface area (Å²) < 4.78 is 19.6. The molecule has 92 valence electrons. The number of ether oxygens (including phenoxy) is 1. The predicted octanol–water partition coefficient (Wildman–Crippen LogP) is 4.58. The number of rotatable bonds is 3. The predicted molar refractivity (Wildman–Crippen MR) is 70.6 cm³/mol. The van der Waals surface area contributed by atoms with Gasteiger partial charge in [0.15, 0.2) is 17.3 Å². The molecule has 0 aliphatic heterocycles. The van der Waals surface area contributed by atoms with Gasteiger partial charge in [0, 0.05) is 10.0 Å². The molecule has 2 nitrogen and oxygen atoms in total. The summed E-state index contributed by atoms with van der Waals surface area (Å²) in [6.45, 7) is 1.49. The van der Waals surface area contributed by atoms with Gasteiger partial charge in [-0.15, -0.1) is 0 Å². The zero-order chi connectivity index (χ0) is 13.1. The summed E-state index contributed by atoms with van der Waals surface area (Å²) >= 11 is 3.17. The Morgan fingerprint density at radius 3 is 2.39 bits per heavy atom. The highest BCUT2D eigenvalue weighted by atomic mass is 79.9. The number of halogens is 2. The highest BCUT2D eigenvalue weighted by Crippen LogP contribution is 2.26. The van der Waals surface area contributed by atoms with Gasteiger partial charge in [0.2, 0.25) is 0 Å². The summed E-state index contributed by atoms with van der Waals surface area (Å²) in [5.74, 6) is 0.173. The smallest absolute Gasteiger partial charge is 0.166 e. The van der Waals surface area contributed by atoms with Gasteiger partial charge in [-0.3, -0.25) is 4.79 Å². The van der Waals surface area contributed by atoms with Crippen molar-refractivity contribution in [3.05, 3.63) is 58.3 Å². The van der Waals surface area contributed by atoms with E-state index in [-0.39, 0.29) is 11.5 Å². The van der Waals surface area contributed by atoms with E-state index in [2.05, 4.69) is 15.9 Å². The molecule has 0 N–H and O–H groups in total. The zero-order valence-electron chi connectivity index (χ0n) is 9.61. The lowest BCUT2D eigenvalue weighted by atomic mass is 10.1. The van der Waals surface area contributed by atoms with E-state index in [0.717, 1.165) is 0 Å². The molecule has 0 saturated heterocycles. The van der Waals surface area contributed by atoms with Crippen molar-refractivity contribution in [1.29, 1.82) is 0 Å². The minimum absolute atomic E-state index is 0.0172. The van der Waals surface area contributed by atoms with Crippen LogP contribution in [0.4, 0.5) is 4.39 Å². The van der Waals surface area contributed by atoms with E-state index in [1.54, 1.807) is 30.3 Å². The van der Waals surface area contributed by atoms with Crippen molar-refractivity contribution in [2.45, 2.75) is 6.92 Å². The van der Waals surface area contributed by atoms with Crippen LogP contribution in [0.25, 0.3) is 0 Å². The number of hydrogen-bond donors (Lipinski definition) is 0. The number of Topliss-reactive ketones (excluding diaryl/α,β-unsaturated/α-hetero) is 1. The van der Waals surface area contributed by atoms with Crippen molar-refractivity contribution in [1.82, 2.24) is 0 Å². The second-order valence-electron chi connectivity index (χ2n) is 3.76. The van der Waals surface area contributed by atoms with Crippen LogP contribution >= 0.6 is 15.9 Å². The molecule has 4 heteroatoms. The summed E-state index contributed by atoms with van der Waals surface area (Å²) in [4.78, 5) is 11.1. The number of ketones is 1. The largest absolute Gasteiger partial charge is 0.454 e. The van der Waals surface area contributed by atoms with Crippen LogP contribution in [-0.2, 0) is 0 Å². The maximum Gasteiger partial charge on any atom is 0.166 e. The van der Waals surface area contributed by atoms with E-state index < -0.39 is 5.82 Å². The topological polar surface area (TPSA) is 26.3 Å². The van der Waals surface area contributed by atoms with Gasteiger partial charge >= 0.3 is 0 Å². The van der Waals surface area contributed by atoms with Gasteiger partial charge in [-0.1, -0.05) is 15.9 Å². The monoisotopic (exact) mass is 308 g/mol. The first-order valence-corrected chi connectivity index (χ1v) is 6.09. The Balaban J connectivity index is 2.21. The molecule has 0 aliphatic rings. The summed E-state index contributed by atoms with van der Waals surface area (Å²) in [6, 6.07) is 11.1. The molecule has 0 aromatic heterocycles. The van der Waals surface area contributed by atoms with Gasteiger partial charge in [0.1, 0.15) is 5.75 Å². The number of carbonyl (C=O) groups is 1. The molecule has 2 aromatic carbocycles. The van der Waals surface area contributed by atoms with Crippen LogP contribution in [0.3, 0.4) is 0 Å². The van der Waals surface area contributed by atoms with Gasteiger partial charge in [-0.05, 0) is 49.4 Å². The van der Waals surface area contributed by atoms with Crippen LogP contribution in [0.5, 0.6) is 11.5 Å². The Morgan fingerprint density at radius 2 is 1.83 bits per heavy atom. The molecule has 2 rings (SSSR count). The minimum atomic E-state index is -0.444. The lowest BCUT2D eigenvalue weighted by molar-refractivity contribution is 0.101. The Hall–Kier alpha value is -1.68. The second-order valence-corrected chi connectivity index (χ2v) is 4.67. The van der Waals surface area contributed by atoms with E-state index in [1.165, 1.54) is 19.1 Å². The Labute approximate surface area is 113 Å². The van der Waals surface area contributed by atoms with Crippen LogP contribution < -0.4 is 4.74 Å².